The Morgan fingerprint density at radius 1 is 1.28 bits per heavy atom. The van der Waals surface area contributed by atoms with E-state index in [0.717, 1.165) is 42.9 Å². The van der Waals surface area contributed by atoms with Gasteiger partial charge in [0.15, 0.2) is 0 Å². The minimum absolute atomic E-state index is 0.381. The third-order valence-corrected chi connectivity index (χ3v) is 5.72. The molecule has 3 rings (SSSR count). The predicted molar refractivity (Wildman–Crippen MR) is 115 cm³/mol. The number of nitrogens with one attached hydrogen (secondary N) is 2. The zero-order valence-electron chi connectivity index (χ0n) is 17.2. The molecule has 2 aromatic rings. The smallest absolute Gasteiger partial charge is 0.242 e. The van der Waals surface area contributed by atoms with Crippen molar-refractivity contribution >= 4 is 5.91 Å². The zero-order chi connectivity index (χ0) is 20.5. The average Bonchev–Trinajstić information content (AvgIpc) is 2.75. The Morgan fingerprint density at radius 3 is 2.72 bits per heavy atom. The highest BCUT2D eigenvalue weighted by molar-refractivity contribution is 5.86. The third-order valence-electron chi connectivity index (χ3n) is 5.72. The molecule has 1 aromatic carbocycles. The fourth-order valence-electron chi connectivity index (χ4n) is 4.07. The van der Waals surface area contributed by atoms with Gasteiger partial charge in [-0.15, -0.1) is 0 Å². The lowest BCUT2D eigenvalue weighted by Gasteiger charge is -2.34. The Labute approximate surface area is 173 Å². The van der Waals surface area contributed by atoms with Crippen LogP contribution in [0.1, 0.15) is 37.3 Å². The van der Waals surface area contributed by atoms with E-state index in [9.17, 15) is 4.79 Å². The lowest BCUT2D eigenvalue weighted by atomic mass is 9.82. The number of hydrogen-bond donors (Lipinski definition) is 3. The summed E-state index contributed by atoms with van der Waals surface area (Å²) in [6, 6.07) is 11.6. The number of carbonyl (C=O) groups excluding carboxylic acids is 1. The molecule has 156 valence electrons. The van der Waals surface area contributed by atoms with E-state index >= 15 is 0 Å². The van der Waals surface area contributed by atoms with Crippen molar-refractivity contribution in [3.63, 3.8) is 0 Å². The molecule has 0 saturated carbocycles. The van der Waals surface area contributed by atoms with E-state index in [1.54, 1.807) is 12.4 Å². The first-order chi connectivity index (χ1) is 14.1. The van der Waals surface area contributed by atoms with Crippen molar-refractivity contribution in [2.75, 3.05) is 26.2 Å². The van der Waals surface area contributed by atoms with Gasteiger partial charge in [-0.2, -0.15) is 0 Å². The molecule has 1 unspecified atom stereocenters. The van der Waals surface area contributed by atoms with Gasteiger partial charge in [0.25, 0.3) is 0 Å². The molecule has 1 aromatic heterocycles. The van der Waals surface area contributed by atoms with Crippen molar-refractivity contribution in [1.82, 2.24) is 15.6 Å². The molecule has 0 radical (unpaired) electrons. The quantitative estimate of drug-likeness (QED) is 0.574. The van der Waals surface area contributed by atoms with E-state index in [1.807, 2.05) is 43.3 Å². The Bertz CT molecular complexity index is 777. The molecule has 1 aliphatic heterocycles. The van der Waals surface area contributed by atoms with Crippen LogP contribution in [0, 0.1) is 5.92 Å². The number of benzene rings is 1. The van der Waals surface area contributed by atoms with Crippen molar-refractivity contribution in [3.8, 4) is 5.75 Å². The molecule has 0 spiro atoms. The van der Waals surface area contributed by atoms with Crippen LogP contribution in [0.4, 0.5) is 0 Å². The van der Waals surface area contributed by atoms with E-state index in [2.05, 4.69) is 15.6 Å². The highest BCUT2D eigenvalue weighted by Gasteiger charge is 2.38. The number of nitrogens with zero attached hydrogens (tertiary/aromatic N) is 1. The standard InChI is InChI=1S/C23H32N4O2/c1-2-29-21-5-3-4-20(16-21)23(22(24)28,17-19-8-13-26-14-9-19)27-15-10-18-6-11-25-12-7-18/h3-5,8-9,13-14,16,18,25,27H,2,6-7,10-12,15,17H2,1H3,(H2,24,28). The largest absolute Gasteiger partial charge is 0.494 e. The lowest BCUT2D eigenvalue weighted by molar-refractivity contribution is -0.124. The van der Waals surface area contributed by atoms with Crippen molar-refractivity contribution < 1.29 is 9.53 Å². The van der Waals surface area contributed by atoms with Gasteiger partial charge in [-0.05, 0) is 87.1 Å². The number of rotatable bonds is 10. The van der Waals surface area contributed by atoms with Crippen molar-refractivity contribution in [3.05, 3.63) is 59.9 Å². The third kappa shape index (κ3) is 5.55. The summed E-state index contributed by atoms with van der Waals surface area (Å²) >= 11 is 0. The number of ether oxygens (including phenoxy) is 1. The molecule has 1 amide bonds. The molecule has 0 aliphatic carbocycles. The summed E-state index contributed by atoms with van der Waals surface area (Å²) in [5, 5.41) is 6.95. The number of primary amides is 1. The summed E-state index contributed by atoms with van der Waals surface area (Å²) in [5.74, 6) is 1.03. The van der Waals surface area contributed by atoms with Crippen LogP contribution in [0.25, 0.3) is 0 Å². The second-order valence-corrected chi connectivity index (χ2v) is 7.67. The number of pyridine rings is 1. The maximum Gasteiger partial charge on any atom is 0.242 e. The number of hydrogen-bond acceptors (Lipinski definition) is 5. The highest BCUT2D eigenvalue weighted by atomic mass is 16.5. The Kier molecular flexibility index (Phi) is 7.61. The normalized spacial score (nSPS) is 16.9. The molecule has 1 saturated heterocycles. The summed E-state index contributed by atoms with van der Waals surface area (Å²) in [4.78, 5) is 17.0. The van der Waals surface area contributed by atoms with Crippen LogP contribution in [0.2, 0.25) is 0 Å². The molecular weight excluding hydrogens is 364 g/mol. The molecule has 1 atom stereocenters. The Morgan fingerprint density at radius 2 is 2.03 bits per heavy atom. The molecule has 2 heterocycles. The van der Waals surface area contributed by atoms with E-state index in [0.29, 0.717) is 18.9 Å². The van der Waals surface area contributed by atoms with Crippen LogP contribution < -0.4 is 21.1 Å². The van der Waals surface area contributed by atoms with E-state index in [-0.39, 0.29) is 5.91 Å². The van der Waals surface area contributed by atoms with E-state index in [1.165, 1.54) is 12.8 Å². The summed E-state index contributed by atoms with van der Waals surface area (Å²) in [5.41, 5.74) is 6.87. The second-order valence-electron chi connectivity index (χ2n) is 7.67. The van der Waals surface area contributed by atoms with Gasteiger partial charge in [0.2, 0.25) is 5.91 Å². The summed E-state index contributed by atoms with van der Waals surface area (Å²) in [7, 11) is 0. The van der Waals surface area contributed by atoms with Crippen LogP contribution in [0.3, 0.4) is 0 Å². The highest BCUT2D eigenvalue weighted by Crippen LogP contribution is 2.29. The van der Waals surface area contributed by atoms with Crippen molar-refractivity contribution in [1.29, 1.82) is 0 Å². The molecule has 0 bridgehead atoms. The number of piperidine rings is 1. The number of aromatic nitrogens is 1. The van der Waals surface area contributed by atoms with Gasteiger partial charge in [0.05, 0.1) is 6.61 Å². The minimum atomic E-state index is -0.999. The second kappa shape index (κ2) is 10.4. The molecule has 6 heteroatoms. The van der Waals surface area contributed by atoms with Gasteiger partial charge in [-0.3, -0.25) is 15.1 Å². The maximum absolute atomic E-state index is 12.9. The lowest BCUT2D eigenvalue weighted by Crippen LogP contribution is -2.54. The molecule has 6 nitrogen and oxygen atoms in total. The van der Waals surface area contributed by atoms with Gasteiger partial charge in [0, 0.05) is 18.8 Å². The zero-order valence-corrected chi connectivity index (χ0v) is 17.2. The summed E-state index contributed by atoms with van der Waals surface area (Å²) in [6.45, 7) is 5.39. The van der Waals surface area contributed by atoms with Gasteiger partial charge in [-0.1, -0.05) is 12.1 Å². The number of nitrogens with two attached hydrogens (primary N) is 1. The average molecular weight is 397 g/mol. The fraction of sp³-hybridized carbons (Fsp3) is 0.478. The van der Waals surface area contributed by atoms with Crippen LogP contribution in [0.5, 0.6) is 5.75 Å². The number of carbonyl (C=O) groups is 1. The first-order valence-electron chi connectivity index (χ1n) is 10.5. The molecule has 4 N–H and O–H groups in total. The maximum atomic E-state index is 12.9. The Balaban J connectivity index is 1.87. The molecule has 1 fully saturated rings. The Hall–Kier alpha value is -2.44. The summed E-state index contributed by atoms with van der Waals surface area (Å²) < 4.78 is 5.67. The van der Waals surface area contributed by atoms with Crippen molar-refractivity contribution in [2.45, 2.75) is 38.1 Å². The first-order valence-corrected chi connectivity index (χ1v) is 10.5. The van der Waals surface area contributed by atoms with Crippen molar-refractivity contribution in [2.24, 2.45) is 11.7 Å². The van der Waals surface area contributed by atoms with Crippen LogP contribution in [-0.2, 0) is 16.8 Å². The number of amides is 1. The minimum Gasteiger partial charge on any atom is -0.494 e. The SMILES string of the molecule is CCOc1cccc(C(Cc2ccncc2)(NCCC2CCNCC2)C(N)=O)c1. The van der Waals surface area contributed by atoms with Crippen LogP contribution >= 0.6 is 0 Å². The summed E-state index contributed by atoms with van der Waals surface area (Å²) in [6.07, 6.45) is 7.33. The van der Waals surface area contributed by atoms with Gasteiger partial charge in [0.1, 0.15) is 11.3 Å². The topological polar surface area (TPSA) is 89.3 Å². The van der Waals surface area contributed by atoms with Crippen LogP contribution in [0.15, 0.2) is 48.8 Å². The first kappa shape index (κ1) is 21.3. The van der Waals surface area contributed by atoms with Crippen LogP contribution in [-0.4, -0.2) is 37.1 Å². The van der Waals surface area contributed by atoms with E-state index in [4.69, 9.17) is 10.5 Å². The molecule has 29 heavy (non-hydrogen) atoms. The van der Waals surface area contributed by atoms with Gasteiger partial charge >= 0.3 is 0 Å². The van der Waals surface area contributed by atoms with Gasteiger partial charge < -0.3 is 15.8 Å². The molecular formula is C23H32N4O2. The predicted octanol–water partition coefficient (Wildman–Crippen LogP) is 2.38. The monoisotopic (exact) mass is 396 g/mol. The molecule has 1 aliphatic rings. The fourth-order valence-corrected chi connectivity index (χ4v) is 4.07. The van der Waals surface area contributed by atoms with E-state index < -0.39 is 5.54 Å². The van der Waals surface area contributed by atoms with Gasteiger partial charge in [-0.25, -0.2) is 0 Å².